The van der Waals surface area contributed by atoms with Gasteiger partial charge in [0.05, 0.1) is 13.2 Å². The van der Waals surface area contributed by atoms with Crippen molar-refractivity contribution in [2.45, 2.75) is 18.7 Å². The normalized spacial score (nSPS) is 16.8. The first kappa shape index (κ1) is 25.8. The third-order valence-electron chi connectivity index (χ3n) is 5.83. The van der Waals surface area contributed by atoms with E-state index in [4.69, 9.17) is 9.47 Å². The molecule has 4 rings (SSSR count). The van der Waals surface area contributed by atoms with Crippen molar-refractivity contribution in [3.05, 3.63) is 101 Å². The smallest absolute Gasteiger partial charge is 0.411 e. The lowest BCUT2D eigenvalue weighted by atomic mass is 10.00. The van der Waals surface area contributed by atoms with Gasteiger partial charge in [-0.05, 0) is 59.7 Å². The number of methoxy groups -OCH3 is 1. The molecule has 0 radical (unpaired) electrons. The quantitative estimate of drug-likeness (QED) is 0.425. The average Bonchev–Trinajstić information content (AvgIpc) is 3.22. The van der Waals surface area contributed by atoms with E-state index in [1.165, 1.54) is 60.5 Å². The minimum Gasteiger partial charge on any atom is -0.438 e. The molecule has 0 aliphatic carbocycles. The van der Waals surface area contributed by atoms with Crippen molar-refractivity contribution in [2.75, 3.05) is 25.6 Å². The standard InChI is InChI=1S/C27H25F2N3O5/c1-36-15-14-30-26(34)23-24(37-27(35)32(23)16-17-2-8-20(28)9-3-17)18-6-12-22(13-7-18)31-25(33)19-4-10-21(29)11-5-19/h2-13,23-24H,14-16H2,1H3,(H,30,34)(H,31,33). The number of halogens is 2. The molecule has 0 aromatic heterocycles. The number of benzene rings is 3. The molecule has 1 heterocycles. The fourth-order valence-electron chi connectivity index (χ4n) is 3.94. The maximum Gasteiger partial charge on any atom is 0.411 e. The second-order valence-electron chi connectivity index (χ2n) is 8.37. The molecule has 2 atom stereocenters. The van der Waals surface area contributed by atoms with E-state index in [-0.39, 0.29) is 13.1 Å². The summed E-state index contributed by atoms with van der Waals surface area (Å²) in [5.41, 5.74) is 1.93. The lowest BCUT2D eigenvalue weighted by Crippen LogP contribution is -2.47. The largest absolute Gasteiger partial charge is 0.438 e. The minimum absolute atomic E-state index is 0.0454. The first-order valence-electron chi connectivity index (χ1n) is 11.5. The molecule has 1 saturated heterocycles. The van der Waals surface area contributed by atoms with Crippen LogP contribution in [0.25, 0.3) is 0 Å². The molecule has 10 heteroatoms. The first-order chi connectivity index (χ1) is 17.9. The summed E-state index contributed by atoms with van der Waals surface area (Å²) in [7, 11) is 1.51. The van der Waals surface area contributed by atoms with Gasteiger partial charge >= 0.3 is 6.09 Å². The number of cyclic esters (lactones) is 1. The zero-order valence-electron chi connectivity index (χ0n) is 19.9. The Bertz CT molecular complexity index is 1250. The molecule has 8 nitrogen and oxygen atoms in total. The number of hydrogen-bond acceptors (Lipinski definition) is 5. The number of nitrogens with zero attached hydrogens (tertiary/aromatic N) is 1. The molecule has 37 heavy (non-hydrogen) atoms. The van der Waals surface area contributed by atoms with Crippen LogP contribution in [0, 0.1) is 11.6 Å². The monoisotopic (exact) mass is 509 g/mol. The summed E-state index contributed by atoms with van der Waals surface area (Å²) in [6.45, 7) is 0.577. The fraction of sp³-hybridized carbons (Fsp3) is 0.222. The molecule has 3 amide bonds. The van der Waals surface area contributed by atoms with Gasteiger partial charge < -0.3 is 20.1 Å². The van der Waals surface area contributed by atoms with Crippen LogP contribution >= 0.6 is 0 Å². The van der Waals surface area contributed by atoms with Gasteiger partial charge in [-0.25, -0.2) is 13.6 Å². The van der Waals surface area contributed by atoms with Gasteiger partial charge in [0.1, 0.15) is 11.6 Å². The lowest BCUT2D eigenvalue weighted by Gasteiger charge is -2.24. The molecule has 3 aromatic carbocycles. The Labute approximate surface area is 212 Å². The molecular formula is C27H25F2N3O5. The van der Waals surface area contributed by atoms with Crippen molar-refractivity contribution < 1.29 is 32.6 Å². The summed E-state index contributed by atoms with van der Waals surface area (Å²) < 4.78 is 37.0. The predicted molar refractivity (Wildman–Crippen MR) is 131 cm³/mol. The van der Waals surface area contributed by atoms with Crippen LogP contribution in [-0.4, -0.2) is 49.1 Å². The molecule has 1 aliphatic rings. The van der Waals surface area contributed by atoms with E-state index < -0.39 is 41.7 Å². The van der Waals surface area contributed by atoms with Crippen molar-refractivity contribution >= 4 is 23.6 Å². The molecule has 1 aliphatic heterocycles. The van der Waals surface area contributed by atoms with Crippen LogP contribution < -0.4 is 10.6 Å². The van der Waals surface area contributed by atoms with Crippen molar-refractivity contribution in [1.82, 2.24) is 10.2 Å². The van der Waals surface area contributed by atoms with Gasteiger partial charge in [0, 0.05) is 24.9 Å². The molecule has 1 fully saturated rings. The molecule has 0 spiro atoms. The molecular weight excluding hydrogens is 484 g/mol. The highest BCUT2D eigenvalue weighted by molar-refractivity contribution is 6.04. The molecule has 192 valence electrons. The van der Waals surface area contributed by atoms with Gasteiger partial charge in [-0.15, -0.1) is 0 Å². The van der Waals surface area contributed by atoms with Gasteiger partial charge in [0.25, 0.3) is 5.91 Å². The van der Waals surface area contributed by atoms with Crippen LogP contribution in [0.5, 0.6) is 0 Å². The number of hydrogen-bond donors (Lipinski definition) is 2. The van der Waals surface area contributed by atoms with Crippen molar-refractivity contribution in [3.63, 3.8) is 0 Å². The zero-order valence-corrected chi connectivity index (χ0v) is 19.9. The number of nitrogens with one attached hydrogen (secondary N) is 2. The molecule has 0 bridgehead atoms. The van der Waals surface area contributed by atoms with E-state index in [9.17, 15) is 23.2 Å². The number of carbonyl (C=O) groups excluding carboxylic acids is 3. The second-order valence-corrected chi connectivity index (χ2v) is 8.37. The van der Waals surface area contributed by atoms with Crippen LogP contribution in [-0.2, 0) is 20.8 Å². The predicted octanol–water partition coefficient (Wildman–Crippen LogP) is 4.04. The van der Waals surface area contributed by atoms with E-state index in [2.05, 4.69) is 10.6 Å². The molecule has 0 saturated carbocycles. The molecule has 2 N–H and O–H groups in total. The van der Waals surface area contributed by atoms with Gasteiger partial charge in [0.2, 0.25) is 5.91 Å². The van der Waals surface area contributed by atoms with Crippen LogP contribution in [0.3, 0.4) is 0 Å². The molecule has 2 unspecified atom stereocenters. The Hall–Kier alpha value is -4.31. The summed E-state index contributed by atoms with van der Waals surface area (Å²) in [6.07, 6.45) is -1.60. The number of carbonyl (C=O) groups is 3. The van der Waals surface area contributed by atoms with Crippen molar-refractivity contribution in [2.24, 2.45) is 0 Å². The number of anilines is 1. The second kappa shape index (κ2) is 11.6. The maximum absolute atomic E-state index is 13.3. The number of ether oxygens (including phenoxy) is 2. The van der Waals surface area contributed by atoms with Gasteiger partial charge in [-0.1, -0.05) is 24.3 Å². The van der Waals surface area contributed by atoms with Crippen LogP contribution in [0.2, 0.25) is 0 Å². The number of amides is 3. The lowest BCUT2D eigenvalue weighted by molar-refractivity contribution is -0.126. The highest BCUT2D eigenvalue weighted by Gasteiger charge is 2.46. The molecule has 3 aromatic rings. The Balaban J connectivity index is 1.53. The fourth-order valence-corrected chi connectivity index (χ4v) is 3.94. The van der Waals surface area contributed by atoms with Gasteiger partial charge in [0.15, 0.2) is 12.1 Å². The van der Waals surface area contributed by atoms with Crippen LogP contribution in [0.4, 0.5) is 19.3 Å². The highest BCUT2D eigenvalue weighted by Crippen LogP contribution is 2.34. The van der Waals surface area contributed by atoms with Gasteiger partial charge in [-0.3, -0.25) is 14.5 Å². The Morgan fingerprint density at radius 1 is 0.946 bits per heavy atom. The van der Waals surface area contributed by atoms with E-state index in [0.29, 0.717) is 29.0 Å². The third kappa shape index (κ3) is 6.28. The van der Waals surface area contributed by atoms with Gasteiger partial charge in [-0.2, -0.15) is 0 Å². The van der Waals surface area contributed by atoms with Crippen LogP contribution in [0.1, 0.15) is 27.6 Å². The highest BCUT2D eigenvalue weighted by atomic mass is 19.1. The Morgan fingerprint density at radius 2 is 1.57 bits per heavy atom. The average molecular weight is 510 g/mol. The third-order valence-corrected chi connectivity index (χ3v) is 5.83. The summed E-state index contributed by atoms with van der Waals surface area (Å²) in [5, 5.41) is 5.46. The summed E-state index contributed by atoms with van der Waals surface area (Å²) in [6, 6.07) is 16.3. The van der Waals surface area contributed by atoms with Crippen LogP contribution in [0.15, 0.2) is 72.8 Å². The summed E-state index contributed by atoms with van der Waals surface area (Å²) in [4.78, 5) is 39.6. The summed E-state index contributed by atoms with van der Waals surface area (Å²) in [5.74, 6) is -1.70. The maximum atomic E-state index is 13.3. The van der Waals surface area contributed by atoms with E-state index in [0.717, 1.165) is 0 Å². The zero-order chi connectivity index (χ0) is 26.4. The first-order valence-corrected chi connectivity index (χ1v) is 11.5. The summed E-state index contributed by atoms with van der Waals surface area (Å²) >= 11 is 0. The van der Waals surface area contributed by atoms with E-state index >= 15 is 0 Å². The van der Waals surface area contributed by atoms with E-state index in [1.54, 1.807) is 24.3 Å². The van der Waals surface area contributed by atoms with Crippen molar-refractivity contribution in [1.29, 1.82) is 0 Å². The topological polar surface area (TPSA) is 97.0 Å². The Morgan fingerprint density at radius 3 is 2.19 bits per heavy atom. The number of rotatable bonds is 9. The Kier molecular flexibility index (Phi) is 8.09. The van der Waals surface area contributed by atoms with Crippen molar-refractivity contribution in [3.8, 4) is 0 Å². The SMILES string of the molecule is COCCNC(=O)C1C(c2ccc(NC(=O)c3ccc(F)cc3)cc2)OC(=O)N1Cc1ccc(F)cc1. The van der Waals surface area contributed by atoms with E-state index in [1.807, 2.05) is 0 Å². The minimum atomic E-state index is -0.992.